The molecule has 0 atom stereocenters. The molecule has 2 aromatic rings. The number of hydrazone groups is 1. The van der Waals surface area contributed by atoms with Crippen molar-refractivity contribution in [2.24, 2.45) is 5.10 Å². The second-order valence-corrected chi connectivity index (χ2v) is 4.88. The summed E-state index contributed by atoms with van der Waals surface area (Å²) in [5.74, 6) is -0.739. The Morgan fingerprint density at radius 1 is 1.16 bits per heavy atom. The van der Waals surface area contributed by atoms with Crippen LogP contribution in [0.25, 0.3) is 0 Å². The number of halogens is 3. The van der Waals surface area contributed by atoms with Crippen LogP contribution < -0.4 is 14.9 Å². The Morgan fingerprint density at radius 2 is 1.88 bits per heavy atom. The van der Waals surface area contributed by atoms with Gasteiger partial charge in [0.05, 0.1) is 5.71 Å². The number of carbonyl (C=O) groups excluding carboxylic acids is 1. The Hall–Kier alpha value is -3.03. The first-order chi connectivity index (χ1) is 11.9. The van der Waals surface area contributed by atoms with Gasteiger partial charge in [0.25, 0.3) is 5.91 Å². The molecule has 0 fully saturated rings. The zero-order chi connectivity index (χ0) is 18.2. The highest BCUT2D eigenvalue weighted by molar-refractivity contribution is 5.99. The summed E-state index contributed by atoms with van der Waals surface area (Å²) in [5.41, 5.74) is 3.37. The lowest BCUT2D eigenvalue weighted by molar-refractivity contribution is -0.123. The fraction of sp³-hybridized carbons (Fsp3) is 0.176. The highest BCUT2D eigenvalue weighted by Gasteiger charge is 2.06. The van der Waals surface area contributed by atoms with Crippen molar-refractivity contribution in [3.05, 3.63) is 59.9 Å². The molecule has 2 rings (SSSR count). The van der Waals surface area contributed by atoms with Gasteiger partial charge < -0.3 is 9.47 Å². The molecule has 1 amide bonds. The third kappa shape index (κ3) is 6.17. The molecule has 0 saturated heterocycles. The number of nitrogens with zero attached hydrogens (tertiary/aromatic N) is 1. The second-order valence-electron chi connectivity index (χ2n) is 4.88. The van der Waals surface area contributed by atoms with Crippen LogP contribution in [0.15, 0.2) is 53.6 Å². The van der Waals surface area contributed by atoms with E-state index in [9.17, 15) is 18.0 Å². The van der Waals surface area contributed by atoms with E-state index in [0.29, 0.717) is 11.3 Å². The molecule has 132 valence electrons. The van der Waals surface area contributed by atoms with E-state index in [1.807, 2.05) is 0 Å². The molecule has 0 aliphatic carbocycles. The second kappa shape index (κ2) is 8.72. The van der Waals surface area contributed by atoms with Crippen molar-refractivity contribution in [3.8, 4) is 11.5 Å². The number of rotatable bonds is 7. The molecule has 0 heterocycles. The summed E-state index contributed by atoms with van der Waals surface area (Å²) in [5, 5.41) is 3.89. The van der Waals surface area contributed by atoms with Gasteiger partial charge in [-0.15, -0.1) is 0 Å². The molecule has 0 radical (unpaired) electrons. The zero-order valence-electron chi connectivity index (χ0n) is 13.2. The lowest BCUT2D eigenvalue weighted by Crippen LogP contribution is -2.25. The zero-order valence-corrected chi connectivity index (χ0v) is 13.2. The normalized spacial score (nSPS) is 11.3. The summed E-state index contributed by atoms with van der Waals surface area (Å²) < 4.78 is 46.5. The molecule has 0 aliphatic rings. The molecule has 2 aromatic carbocycles. The van der Waals surface area contributed by atoms with E-state index >= 15 is 0 Å². The molecule has 0 aliphatic heterocycles. The maximum atomic E-state index is 13.0. The standard InChI is InChI=1S/C17H15F3N2O3/c1-11(12-5-7-14(8-6-12)25-17(19)20)21-22-16(23)10-24-15-4-2-3-13(18)9-15/h2-9,17H,10H2,1H3,(H,22,23)/b21-11-. The molecule has 0 aromatic heterocycles. The van der Waals surface area contributed by atoms with Crippen molar-refractivity contribution in [2.45, 2.75) is 13.5 Å². The summed E-state index contributed by atoms with van der Waals surface area (Å²) in [6.45, 7) is -1.59. The monoisotopic (exact) mass is 352 g/mol. The minimum absolute atomic E-state index is 0.0269. The number of carbonyl (C=O) groups is 1. The van der Waals surface area contributed by atoms with E-state index < -0.39 is 18.3 Å². The summed E-state index contributed by atoms with van der Waals surface area (Å²) in [4.78, 5) is 11.7. The lowest BCUT2D eigenvalue weighted by Gasteiger charge is -2.07. The van der Waals surface area contributed by atoms with E-state index in [-0.39, 0.29) is 18.1 Å². The van der Waals surface area contributed by atoms with Crippen molar-refractivity contribution >= 4 is 11.6 Å². The van der Waals surface area contributed by atoms with Gasteiger partial charge in [0.1, 0.15) is 17.3 Å². The lowest BCUT2D eigenvalue weighted by atomic mass is 10.1. The predicted octanol–water partition coefficient (Wildman–Crippen LogP) is 3.35. The van der Waals surface area contributed by atoms with Crippen LogP contribution in [-0.4, -0.2) is 24.8 Å². The molecule has 5 nitrogen and oxygen atoms in total. The summed E-state index contributed by atoms with van der Waals surface area (Å²) in [6.07, 6.45) is 0. The van der Waals surface area contributed by atoms with Crippen molar-refractivity contribution in [1.29, 1.82) is 0 Å². The molecular formula is C17H15F3N2O3. The van der Waals surface area contributed by atoms with E-state index in [0.717, 1.165) is 6.07 Å². The molecule has 8 heteroatoms. The van der Waals surface area contributed by atoms with Crippen molar-refractivity contribution in [3.63, 3.8) is 0 Å². The first-order valence-corrected chi connectivity index (χ1v) is 7.21. The van der Waals surface area contributed by atoms with Crippen LogP contribution in [0, 0.1) is 5.82 Å². The third-order valence-electron chi connectivity index (χ3n) is 3.01. The number of benzene rings is 2. The Balaban J connectivity index is 1.86. The third-order valence-corrected chi connectivity index (χ3v) is 3.01. The van der Waals surface area contributed by atoms with Crippen LogP contribution >= 0.6 is 0 Å². The maximum absolute atomic E-state index is 13.0. The Bertz CT molecular complexity index is 749. The first kappa shape index (κ1) is 18.3. The minimum atomic E-state index is -2.89. The van der Waals surface area contributed by atoms with E-state index in [4.69, 9.17) is 4.74 Å². The molecule has 25 heavy (non-hydrogen) atoms. The summed E-state index contributed by atoms with van der Waals surface area (Å²) in [6, 6.07) is 11.2. The number of nitrogens with one attached hydrogen (secondary N) is 1. The number of ether oxygens (including phenoxy) is 2. The van der Waals surface area contributed by atoms with Crippen LogP contribution in [0.5, 0.6) is 11.5 Å². The molecule has 0 unspecified atom stereocenters. The van der Waals surface area contributed by atoms with E-state index in [1.54, 1.807) is 6.92 Å². The average molecular weight is 352 g/mol. The molecule has 0 saturated carbocycles. The number of amides is 1. The van der Waals surface area contributed by atoms with Crippen LogP contribution in [0.3, 0.4) is 0 Å². The fourth-order valence-electron chi connectivity index (χ4n) is 1.83. The van der Waals surface area contributed by atoms with Crippen molar-refractivity contribution in [2.75, 3.05) is 6.61 Å². The largest absolute Gasteiger partial charge is 0.484 e. The number of alkyl halides is 2. The van der Waals surface area contributed by atoms with Gasteiger partial charge in [-0.1, -0.05) is 6.07 Å². The van der Waals surface area contributed by atoms with Crippen molar-refractivity contribution in [1.82, 2.24) is 5.43 Å². The molecule has 0 bridgehead atoms. The molecule has 0 spiro atoms. The Morgan fingerprint density at radius 3 is 2.52 bits per heavy atom. The fourth-order valence-corrected chi connectivity index (χ4v) is 1.83. The Labute approximate surface area is 142 Å². The SMILES string of the molecule is C/C(=N/NC(=O)COc1cccc(F)c1)c1ccc(OC(F)F)cc1. The number of hydrogen-bond acceptors (Lipinski definition) is 4. The summed E-state index contributed by atoms with van der Waals surface area (Å²) >= 11 is 0. The molecular weight excluding hydrogens is 337 g/mol. The first-order valence-electron chi connectivity index (χ1n) is 7.21. The van der Waals surface area contributed by atoms with Gasteiger partial charge in [0, 0.05) is 6.07 Å². The molecule has 1 N–H and O–H groups in total. The maximum Gasteiger partial charge on any atom is 0.387 e. The Kier molecular flexibility index (Phi) is 6.39. The van der Waals surface area contributed by atoms with Gasteiger partial charge in [-0.2, -0.15) is 13.9 Å². The highest BCUT2D eigenvalue weighted by Crippen LogP contribution is 2.15. The van der Waals surface area contributed by atoms with Crippen LogP contribution in [0.4, 0.5) is 13.2 Å². The van der Waals surface area contributed by atoms with Gasteiger partial charge >= 0.3 is 6.61 Å². The van der Waals surface area contributed by atoms with Crippen LogP contribution in [0.2, 0.25) is 0 Å². The van der Waals surface area contributed by atoms with Gasteiger partial charge in [0.15, 0.2) is 6.61 Å². The van der Waals surface area contributed by atoms with Crippen LogP contribution in [-0.2, 0) is 4.79 Å². The highest BCUT2D eigenvalue weighted by atomic mass is 19.3. The number of hydrogen-bond donors (Lipinski definition) is 1. The topological polar surface area (TPSA) is 59.9 Å². The minimum Gasteiger partial charge on any atom is -0.484 e. The van der Waals surface area contributed by atoms with Gasteiger partial charge in [-0.25, -0.2) is 9.82 Å². The van der Waals surface area contributed by atoms with E-state index in [1.165, 1.54) is 42.5 Å². The average Bonchev–Trinajstić information content (AvgIpc) is 2.58. The quantitative estimate of drug-likeness (QED) is 0.614. The van der Waals surface area contributed by atoms with E-state index in [2.05, 4.69) is 15.3 Å². The van der Waals surface area contributed by atoms with Gasteiger partial charge in [-0.3, -0.25) is 4.79 Å². The van der Waals surface area contributed by atoms with Gasteiger partial charge in [0.2, 0.25) is 0 Å². The summed E-state index contributed by atoms with van der Waals surface area (Å²) in [7, 11) is 0. The predicted molar refractivity (Wildman–Crippen MR) is 85.3 cm³/mol. The smallest absolute Gasteiger partial charge is 0.387 e. The van der Waals surface area contributed by atoms with Gasteiger partial charge in [-0.05, 0) is 48.9 Å². The van der Waals surface area contributed by atoms with Crippen LogP contribution in [0.1, 0.15) is 12.5 Å². The van der Waals surface area contributed by atoms with Crippen molar-refractivity contribution < 1.29 is 27.4 Å².